The minimum atomic E-state index is -0.983. The Hall–Kier alpha value is -1.06. The van der Waals surface area contributed by atoms with E-state index in [4.69, 9.17) is 0 Å². The summed E-state index contributed by atoms with van der Waals surface area (Å²) in [7, 11) is 0. The quantitative estimate of drug-likeness (QED) is 0.765. The summed E-state index contributed by atoms with van der Waals surface area (Å²) in [6, 6.07) is 0. The van der Waals surface area contributed by atoms with Gasteiger partial charge in [-0.25, -0.2) is 0 Å². The second kappa shape index (κ2) is 4.90. The summed E-state index contributed by atoms with van der Waals surface area (Å²) in [4.78, 5) is 23.1. The molecule has 1 aliphatic rings. The number of carbonyl (C=O) groups excluding carboxylic acids is 1. The summed E-state index contributed by atoms with van der Waals surface area (Å²) in [5.74, 6) is -0.592. The van der Waals surface area contributed by atoms with E-state index >= 15 is 0 Å². The van der Waals surface area contributed by atoms with Crippen LogP contribution in [-0.2, 0) is 9.59 Å². The molecule has 0 saturated heterocycles. The predicted octanol–water partition coefficient (Wildman–Crippen LogP) is 2.29. The highest BCUT2D eigenvalue weighted by Gasteiger charge is 2.45. The average Bonchev–Trinajstić information content (AvgIpc) is 2.83. The van der Waals surface area contributed by atoms with Crippen LogP contribution in [0.1, 0.15) is 47.5 Å². The Morgan fingerprint density at radius 3 is 2.28 bits per heavy atom. The molecule has 1 amide bonds. The first-order chi connectivity index (χ1) is 8.09. The van der Waals surface area contributed by atoms with Crippen LogP contribution in [-0.4, -0.2) is 23.5 Å². The molecule has 0 bridgehead atoms. The summed E-state index contributed by atoms with van der Waals surface area (Å²) in [5, 5.41) is 12.1. The smallest absolute Gasteiger partial charge is 0.310 e. The van der Waals surface area contributed by atoms with Crippen LogP contribution in [0.3, 0.4) is 0 Å². The Labute approximate surface area is 109 Å². The summed E-state index contributed by atoms with van der Waals surface area (Å²) < 4.78 is 0. The number of carbonyl (C=O) groups is 2. The Morgan fingerprint density at radius 2 is 1.94 bits per heavy atom. The van der Waals surface area contributed by atoms with Crippen molar-refractivity contribution in [2.45, 2.75) is 47.5 Å². The second-order valence-corrected chi connectivity index (χ2v) is 6.75. The van der Waals surface area contributed by atoms with E-state index in [1.165, 1.54) is 0 Å². The average molecular weight is 255 g/mol. The van der Waals surface area contributed by atoms with Gasteiger partial charge in [0.15, 0.2) is 0 Å². The molecular weight excluding hydrogens is 230 g/mol. The zero-order chi connectivity index (χ0) is 14.1. The van der Waals surface area contributed by atoms with Crippen LogP contribution in [0.25, 0.3) is 0 Å². The molecule has 1 rings (SSSR count). The molecule has 18 heavy (non-hydrogen) atoms. The number of rotatable bonds is 6. The van der Waals surface area contributed by atoms with Gasteiger partial charge in [-0.2, -0.15) is 0 Å². The largest absolute Gasteiger partial charge is 0.481 e. The zero-order valence-corrected chi connectivity index (χ0v) is 12.0. The molecule has 0 heterocycles. The van der Waals surface area contributed by atoms with Crippen molar-refractivity contribution in [3.05, 3.63) is 0 Å². The lowest BCUT2D eigenvalue weighted by atomic mass is 9.76. The maximum absolute atomic E-state index is 11.8. The first kappa shape index (κ1) is 15.0. The highest BCUT2D eigenvalue weighted by Crippen LogP contribution is 2.51. The van der Waals surface area contributed by atoms with E-state index in [2.05, 4.69) is 19.2 Å². The molecule has 0 aromatic carbocycles. The number of aliphatic carboxylic acids is 1. The van der Waals surface area contributed by atoms with E-state index < -0.39 is 11.4 Å². The van der Waals surface area contributed by atoms with Gasteiger partial charge in [-0.3, -0.25) is 9.59 Å². The lowest BCUT2D eigenvalue weighted by molar-refractivity contribution is -0.153. The number of carboxylic acid groups (broad SMARTS) is 1. The van der Waals surface area contributed by atoms with E-state index in [1.807, 2.05) is 13.8 Å². The lowest BCUT2D eigenvalue weighted by Gasteiger charge is -2.28. The van der Waals surface area contributed by atoms with Crippen LogP contribution in [0.5, 0.6) is 0 Å². The molecular formula is C14H25NO3. The van der Waals surface area contributed by atoms with E-state index in [-0.39, 0.29) is 18.2 Å². The summed E-state index contributed by atoms with van der Waals surface area (Å²) >= 11 is 0. The first-order valence-corrected chi connectivity index (χ1v) is 6.59. The zero-order valence-electron chi connectivity index (χ0n) is 12.0. The fraction of sp³-hybridized carbons (Fsp3) is 0.857. The third kappa shape index (κ3) is 3.24. The highest BCUT2D eigenvalue weighted by molar-refractivity contribution is 5.84. The van der Waals surface area contributed by atoms with Crippen molar-refractivity contribution < 1.29 is 14.7 Å². The van der Waals surface area contributed by atoms with Gasteiger partial charge < -0.3 is 10.4 Å². The fourth-order valence-corrected chi connectivity index (χ4v) is 2.08. The molecule has 4 heteroatoms. The van der Waals surface area contributed by atoms with Gasteiger partial charge in [0.2, 0.25) is 5.91 Å². The molecule has 0 aromatic heterocycles. The van der Waals surface area contributed by atoms with Crippen LogP contribution in [0.2, 0.25) is 0 Å². The van der Waals surface area contributed by atoms with Crippen LogP contribution in [0.15, 0.2) is 0 Å². The van der Waals surface area contributed by atoms with Gasteiger partial charge in [0.25, 0.3) is 0 Å². The van der Waals surface area contributed by atoms with Gasteiger partial charge in [0.05, 0.1) is 5.41 Å². The van der Waals surface area contributed by atoms with Gasteiger partial charge in [-0.15, -0.1) is 0 Å². The fourth-order valence-electron chi connectivity index (χ4n) is 2.08. The van der Waals surface area contributed by atoms with Crippen molar-refractivity contribution in [1.82, 2.24) is 5.32 Å². The van der Waals surface area contributed by atoms with Gasteiger partial charge in [0, 0.05) is 13.0 Å². The van der Waals surface area contributed by atoms with E-state index in [1.54, 1.807) is 6.92 Å². The maximum atomic E-state index is 11.8. The van der Waals surface area contributed by atoms with Crippen molar-refractivity contribution in [2.75, 3.05) is 6.54 Å². The molecule has 1 fully saturated rings. The molecule has 4 nitrogen and oxygen atoms in total. The monoisotopic (exact) mass is 255 g/mol. The minimum Gasteiger partial charge on any atom is -0.481 e. The number of hydrogen-bond donors (Lipinski definition) is 2. The molecule has 2 N–H and O–H groups in total. The van der Waals surface area contributed by atoms with Gasteiger partial charge in [-0.1, -0.05) is 27.7 Å². The number of amides is 1. The molecule has 0 aromatic rings. The Balaban J connectivity index is 2.45. The molecule has 2 unspecified atom stereocenters. The first-order valence-electron chi connectivity index (χ1n) is 6.59. The Morgan fingerprint density at radius 1 is 1.44 bits per heavy atom. The van der Waals surface area contributed by atoms with E-state index in [9.17, 15) is 14.7 Å². The molecule has 104 valence electrons. The Bertz CT molecular complexity index is 349. The molecule has 1 saturated carbocycles. The van der Waals surface area contributed by atoms with Crippen LogP contribution >= 0.6 is 0 Å². The highest BCUT2D eigenvalue weighted by atomic mass is 16.4. The third-order valence-corrected chi connectivity index (χ3v) is 4.55. The van der Waals surface area contributed by atoms with E-state index in [0.717, 1.165) is 6.42 Å². The molecule has 0 aliphatic heterocycles. The topological polar surface area (TPSA) is 66.4 Å². The van der Waals surface area contributed by atoms with Crippen molar-refractivity contribution in [3.8, 4) is 0 Å². The van der Waals surface area contributed by atoms with Crippen molar-refractivity contribution >= 4 is 11.9 Å². The molecule has 2 atom stereocenters. The third-order valence-electron chi connectivity index (χ3n) is 4.55. The van der Waals surface area contributed by atoms with Crippen LogP contribution in [0, 0.1) is 22.7 Å². The van der Waals surface area contributed by atoms with Crippen LogP contribution < -0.4 is 5.32 Å². The van der Waals surface area contributed by atoms with Crippen molar-refractivity contribution in [3.63, 3.8) is 0 Å². The standard InChI is InChI=1S/C14H25NO3/c1-9(2)14(5,12(17)18)7-11(16)15-8-10-6-13(10,3)4/h9-10H,6-8H2,1-5H3,(H,15,16)(H,17,18). The predicted molar refractivity (Wildman–Crippen MR) is 70.1 cm³/mol. The second-order valence-electron chi connectivity index (χ2n) is 6.75. The van der Waals surface area contributed by atoms with Gasteiger partial charge in [-0.05, 0) is 30.6 Å². The Kier molecular flexibility index (Phi) is 4.08. The molecule has 0 spiro atoms. The van der Waals surface area contributed by atoms with Crippen molar-refractivity contribution in [2.24, 2.45) is 22.7 Å². The number of nitrogens with one attached hydrogen (secondary N) is 1. The summed E-state index contributed by atoms with van der Waals surface area (Å²) in [5.41, 5.74) is -0.648. The van der Waals surface area contributed by atoms with E-state index in [0.29, 0.717) is 17.9 Å². The van der Waals surface area contributed by atoms with Gasteiger partial charge in [0.1, 0.15) is 0 Å². The normalized spacial score (nSPS) is 24.4. The number of carboxylic acids is 1. The number of hydrogen-bond acceptors (Lipinski definition) is 2. The van der Waals surface area contributed by atoms with Gasteiger partial charge >= 0.3 is 5.97 Å². The lowest BCUT2D eigenvalue weighted by Crippen LogP contribution is -2.39. The molecule has 1 aliphatic carbocycles. The molecule has 0 radical (unpaired) electrons. The minimum absolute atomic E-state index is 0.0488. The van der Waals surface area contributed by atoms with Crippen LogP contribution in [0.4, 0.5) is 0 Å². The maximum Gasteiger partial charge on any atom is 0.310 e. The summed E-state index contributed by atoms with van der Waals surface area (Å²) in [6.07, 6.45) is 1.18. The van der Waals surface area contributed by atoms with Crippen molar-refractivity contribution in [1.29, 1.82) is 0 Å². The summed E-state index contributed by atoms with van der Waals surface area (Å²) in [6.45, 7) is 10.3. The SMILES string of the molecule is CC(C)C(C)(CC(=O)NCC1CC1(C)C)C(=O)O.